The molecule has 0 aromatic carbocycles. The van der Waals surface area contributed by atoms with E-state index in [0.29, 0.717) is 25.7 Å². The summed E-state index contributed by atoms with van der Waals surface area (Å²) in [7, 11) is 0. The molecule has 16 heavy (non-hydrogen) atoms. The normalized spacial score (nSPS) is 9.50. The number of rotatable bonds is 5. The van der Waals surface area contributed by atoms with Crippen LogP contribution in [0.1, 0.15) is 25.1 Å². The lowest BCUT2D eigenvalue weighted by molar-refractivity contribution is 0.166. The Morgan fingerprint density at radius 1 is 1.38 bits per heavy atom. The molecule has 1 rings (SSSR count). The van der Waals surface area contributed by atoms with Crippen molar-refractivity contribution >= 4 is 5.82 Å². The van der Waals surface area contributed by atoms with Gasteiger partial charge in [0.2, 0.25) is 0 Å². The van der Waals surface area contributed by atoms with E-state index in [2.05, 4.69) is 10.4 Å². The standard InChI is InChI=1S/C10H13N5O/c1-3-15-10(13-7-16-4-2)8(5-11)9(6-12)14-15/h13H,3-4,7H2,1-2H3. The number of nitriles is 2. The van der Waals surface area contributed by atoms with E-state index < -0.39 is 0 Å². The highest BCUT2D eigenvalue weighted by molar-refractivity contribution is 5.58. The number of hydrogen-bond acceptors (Lipinski definition) is 5. The second-order valence-electron chi connectivity index (χ2n) is 2.93. The molecule has 1 N–H and O–H groups in total. The number of nitrogens with one attached hydrogen (secondary N) is 1. The molecule has 0 bridgehead atoms. The Balaban J connectivity index is 3.00. The van der Waals surface area contributed by atoms with Crippen molar-refractivity contribution in [3.05, 3.63) is 11.3 Å². The molecule has 0 fully saturated rings. The number of nitrogens with zero attached hydrogens (tertiary/aromatic N) is 4. The molecule has 0 saturated heterocycles. The van der Waals surface area contributed by atoms with Gasteiger partial charge in [-0.2, -0.15) is 15.6 Å². The lowest BCUT2D eigenvalue weighted by atomic mass is 10.2. The Bertz CT molecular complexity index is 437. The minimum Gasteiger partial charge on any atom is -0.362 e. The molecule has 0 amide bonds. The molecular weight excluding hydrogens is 206 g/mol. The van der Waals surface area contributed by atoms with Crippen molar-refractivity contribution in [2.24, 2.45) is 0 Å². The Morgan fingerprint density at radius 3 is 2.62 bits per heavy atom. The van der Waals surface area contributed by atoms with Crippen molar-refractivity contribution in [2.75, 3.05) is 18.7 Å². The molecule has 84 valence electrons. The number of hydrogen-bond donors (Lipinski definition) is 1. The summed E-state index contributed by atoms with van der Waals surface area (Å²) in [5, 5.41) is 24.7. The fraction of sp³-hybridized carbons (Fsp3) is 0.500. The third-order valence-electron chi connectivity index (χ3n) is 2.02. The summed E-state index contributed by atoms with van der Waals surface area (Å²) in [6.07, 6.45) is 0. The van der Waals surface area contributed by atoms with Gasteiger partial charge in [-0.15, -0.1) is 0 Å². The van der Waals surface area contributed by atoms with Gasteiger partial charge >= 0.3 is 0 Å². The molecule has 0 spiro atoms. The fourth-order valence-corrected chi connectivity index (χ4v) is 1.28. The van der Waals surface area contributed by atoms with Gasteiger partial charge in [-0.05, 0) is 13.8 Å². The monoisotopic (exact) mass is 219 g/mol. The Kier molecular flexibility index (Phi) is 4.31. The first-order chi connectivity index (χ1) is 7.78. The lowest BCUT2D eigenvalue weighted by Crippen LogP contribution is -2.11. The topological polar surface area (TPSA) is 86.7 Å². The molecule has 0 atom stereocenters. The largest absolute Gasteiger partial charge is 0.362 e. The molecule has 0 unspecified atom stereocenters. The molecule has 1 heterocycles. The minimum absolute atomic E-state index is 0.142. The summed E-state index contributed by atoms with van der Waals surface area (Å²) in [6, 6.07) is 3.87. The highest BCUT2D eigenvalue weighted by Gasteiger charge is 2.16. The summed E-state index contributed by atoms with van der Waals surface area (Å²) in [5.41, 5.74) is 0.410. The number of aryl methyl sites for hydroxylation is 1. The van der Waals surface area contributed by atoms with Crippen molar-refractivity contribution in [1.82, 2.24) is 9.78 Å². The van der Waals surface area contributed by atoms with Crippen LogP contribution in [0.5, 0.6) is 0 Å². The van der Waals surface area contributed by atoms with Crippen molar-refractivity contribution < 1.29 is 4.74 Å². The molecular formula is C10H13N5O. The summed E-state index contributed by atoms with van der Waals surface area (Å²) in [4.78, 5) is 0. The predicted molar refractivity (Wildman–Crippen MR) is 57.4 cm³/mol. The van der Waals surface area contributed by atoms with Gasteiger partial charge in [0.1, 0.15) is 30.3 Å². The van der Waals surface area contributed by atoms with E-state index >= 15 is 0 Å². The van der Waals surface area contributed by atoms with Crippen LogP contribution in [-0.2, 0) is 11.3 Å². The van der Waals surface area contributed by atoms with Crippen LogP contribution in [0.4, 0.5) is 5.82 Å². The molecule has 1 aromatic rings. The highest BCUT2D eigenvalue weighted by Crippen LogP contribution is 2.18. The van der Waals surface area contributed by atoms with Crippen LogP contribution in [0.25, 0.3) is 0 Å². The maximum Gasteiger partial charge on any atom is 0.182 e. The third kappa shape index (κ3) is 2.30. The van der Waals surface area contributed by atoms with Gasteiger partial charge in [0.25, 0.3) is 0 Å². The Hall–Kier alpha value is -2.05. The molecule has 0 saturated carbocycles. The van der Waals surface area contributed by atoms with Crippen LogP contribution in [0, 0.1) is 22.7 Å². The van der Waals surface area contributed by atoms with Crippen LogP contribution < -0.4 is 5.32 Å². The summed E-state index contributed by atoms with van der Waals surface area (Å²) in [6.45, 7) is 5.23. The second-order valence-corrected chi connectivity index (χ2v) is 2.93. The van der Waals surface area contributed by atoms with Crippen LogP contribution in [-0.4, -0.2) is 23.1 Å². The zero-order valence-corrected chi connectivity index (χ0v) is 9.32. The summed E-state index contributed by atoms with van der Waals surface area (Å²) >= 11 is 0. The molecule has 1 aromatic heterocycles. The number of ether oxygens (including phenoxy) is 1. The smallest absolute Gasteiger partial charge is 0.182 e. The van der Waals surface area contributed by atoms with E-state index in [4.69, 9.17) is 15.3 Å². The van der Waals surface area contributed by atoms with E-state index in [1.165, 1.54) is 0 Å². The van der Waals surface area contributed by atoms with Crippen molar-refractivity contribution in [3.8, 4) is 12.1 Å². The zero-order valence-electron chi connectivity index (χ0n) is 9.32. The molecule has 0 aliphatic heterocycles. The van der Waals surface area contributed by atoms with Gasteiger partial charge < -0.3 is 10.1 Å². The SMILES string of the molecule is CCOCNc1c(C#N)c(C#N)nn1CC. The van der Waals surface area contributed by atoms with Crippen LogP contribution in [0.3, 0.4) is 0 Å². The van der Waals surface area contributed by atoms with Gasteiger partial charge in [0.05, 0.1) is 0 Å². The second kappa shape index (κ2) is 5.74. The maximum atomic E-state index is 8.96. The van der Waals surface area contributed by atoms with E-state index in [0.717, 1.165) is 0 Å². The van der Waals surface area contributed by atoms with E-state index in [-0.39, 0.29) is 11.3 Å². The van der Waals surface area contributed by atoms with E-state index in [9.17, 15) is 0 Å². The first-order valence-corrected chi connectivity index (χ1v) is 5.01. The minimum atomic E-state index is 0.142. The Labute approximate surface area is 94.0 Å². The molecule has 0 aliphatic carbocycles. The third-order valence-corrected chi connectivity index (χ3v) is 2.02. The zero-order chi connectivity index (χ0) is 12.0. The lowest BCUT2D eigenvalue weighted by Gasteiger charge is -2.07. The number of anilines is 1. The van der Waals surface area contributed by atoms with Crippen molar-refractivity contribution in [1.29, 1.82) is 10.5 Å². The van der Waals surface area contributed by atoms with Crippen molar-refractivity contribution in [2.45, 2.75) is 20.4 Å². The van der Waals surface area contributed by atoms with Gasteiger partial charge in [-0.25, -0.2) is 4.68 Å². The van der Waals surface area contributed by atoms with Gasteiger partial charge in [0.15, 0.2) is 5.69 Å². The molecule has 0 radical (unpaired) electrons. The summed E-state index contributed by atoms with van der Waals surface area (Å²) in [5.74, 6) is 0.537. The molecule has 6 heteroatoms. The van der Waals surface area contributed by atoms with Crippen LogP contribution in [0.2, 0.25) is 0 Å². The van der Waals surface area contributed by atoms with Crippen LogP contribution in [0.15, 0.2) is 0 Å². The average molecular weight is 219 g/mol. The van der Waals surface area contributed by atoms with E-state index in [1.54, 1.807) is 4.68 Å². The van der Waals surface area contributed by atoms with Crippen molar-refractivity contribution in [3.63, 3.8) is 0 Å². The average Bonchev–Trinajstić information content (AvgIpc) is 2.66. The van der Waals surface area contributed by atoms with E-state index in [1.807, 2.05) is 26.0 Å². The fourth-order valence-electron chi connectivity index (χ4n) is 1.28. The predicted octanol–water partition coefficient (Wildman–Crippen LogP) is 1.05. The Morgan fingerprint density at radius 2 is 2.12 bits per heavy atom. The van der Waals surface area contributed by atoms with Crippen LogP contribution >= 0.6 is 0 Å². The van der Waals surface area contributed by atoms with Gasteiger partial charge in [0, 0.05) is 13.2 Å². The quantitative estimate of drug-likeness (QED) is 0.590. The number of aromatic nitrogens is 2. The molecule has 6 nitrogen and oxygen atoms in total. The maximum absolute atomic E-state index is 8.96. The highest BCUT2D eigenvalue weighted by atomic mass is 16.5. The first-order valence-electron chi connectivity index (χ1n) is 5.01. The first kappa shape index (κ1) is 12.0. The van der Waals surface area contributed by atoms with Gasteiger partial charge in [-0.3, -0.25) is 0 Å². The molecule has 0 aliphatic rings. The summed E-state index contributed by atoms with van der Waals surface area (Å²) < 4.78 is 6.71. The van der Waals surface area contributed by atoms with Gasteiger partial charge in [-0.1, -0.05) is 0 Å².